The van der Waals surface area contributed by atoms with Crippen molar-refractivity contribution >= 4 is 45.6 Å². The largest absolute Gasteiger partial charge is 0.351 e. The molecule has 1 amide bonds. The predicted octanol–water partition coefficient (Wildman–Crippen LogP) is 4.33. The lowest BCUT2D eigenvalue weighted by Gasteiger charge is -2.08. The van der Waals surface area contributed by atoms with Crippen LogP contribution >= 0.6 is 39.7 Å². The highest BCUT2D eigenvalue weighted by atomic mass is 79.9. The van der Waals surface area contributed by atoms with Crippen LogP contribution in [0.2, 0.25) is 0 Å². The summed E-state index contributed by atoms with van der Waals surface area (Å²) in [5, 5.41) is 6.39. The van der Waals surface area contributed by atoms with Crippen molar-refractivity contribution in [3.8, 4) is 10.4 Å². The molecule has 1 aromatic heterocycles. The van der Waals surface area contributed by atoms with E-state index in [9.17, 15) is 4.79 Å². The molecule has 1 aromatic carbocycles. The molecule has 1 unspecified atom stereocenters. The lowest BCUT2D eigenvalue weighted by molar-refractivity contribution is 0.0955. The summed E-state index contributed by atoms with van der Waals surface area (Å²) < 4.78 is 1.06. The summed E-state index contributed by atoms with van der Waals surface area (Å²) in [6, 6.07) is 12.1. The summed E-state index contributed by atoms with van der Waals surface area (Å²) >= 11 is 4.98. The highest BCUT2D eigenvalue weighted by molar-refractivity contribution is 9.10. The molecule has 3 nitrogen and oxygen atoms in total. The Hall–Kier alpha value is -0.880. The maximum Gasteiger partial charge on any atom is 0.261 e. The van der Waals surface area contributed by atoms with E-state index in [2.05, 4.69) is 38.7 Å². The first-order chi connectivity index (χ1) is 10.7. The van der Waals surface area contributed by atoms with Crippen LogP contribution < -0.4 is 10.6 Å². The second-order valence-electron chi connectivity index (χ2n) is 5.57. The highest BCUT2D eigenvalue weighted by Gasteiger charge is 2.15. The van der Waals surface area contributed by atoms with Gasteiger partial charge in [-0.2, -0.15) is 0 Å². The number of amides is 1. The fourth-order valence-electron chi connectivity index (χ4n) is 2.67. The van der Waals surface area contributed by atoms with Gasteiger partial charge >= 0.3 is 0 Å². The van der Waals surface area contributed by atoms with E-state index in [0.717, 1.165) is 45.8 Å². The normalized spacial score (nSPS) is 16.8. The predicted molar refractivity (Wildman–Crippen MR) is 103 cm³/mol. The molecule has 0 saturated carbocycles. The Bertz CT molecular complexity index is 638. The minimum atomic E-state index is 0. The lowest BCUT2D eigenvalue weighted by atomic mass is 10.1. The fourth-order valence-corrected chi connectivity index (χ4v) is 3.86. The fraction of sp³-hybridized carbons (Fsp3) is 0.353. The van der Waals surface area contributed by atoms with Crippen LogP contribution in [0.5, 0.6) is 0 Å². The molecule has 6 heteroatoms. The molecule has 0 radical (unpaired) electrons. The van der Waals surface area contributed by atoms with Gasteiger partial charge in [0.15, 0.2) is 0 Å². The number of benzene rings is 1. The van der Waals surface area contributed by atoms with Crippen LogP contribution in [0, 0.1) is 5.92 Å². The molecule has 0 aliphatic carbocycles. The first-order valence-electron chi connectivity index (χ1n) is 7.57. The molecular weight excluding hydrogens is 396 g/mol. The molecule has 1 aliphatic rings. The van der Waals surface area contributed by atoms with Gasteiger partial charge in [-0.1, -0.05) is 28.1 Å². The third-order valence-electron chi connectivity index (χ3n) is 3.96. The van der Waals surface area contributed by atoms with Gasteiger partial charge in [-0.05, 0) is 61.7 Å². The number of rotatable bonds is 5. The molecule has 1 aliphatic heterocycles. The zero-order valence-electron chi connectivity index (χ0n) is 12.7. The van der Waals surface area contributed by atoms with Crippen LogP contribution in [0.15, 0.2) is 40.9 Å². The lowest BCUT2D eigenvalue weighted by Crippen LogP contribution is -2.25. The maximum absolute atomic E-state index is 12.2. The van der Waals surface area contributed by atoms with Crippen molar-refractivity contribution in [1.29, 1.82) is 0 Å². The molecule has 124 valence electrons. The van der Waals surface area contributed by atoms with Crippen molar-refractivity contribution in [2.75, 3.05) is 19.6 Å². The SMILES string of the molecule is Cl.O=C(NCCC1CCNC1)c1ccc(-c2ccc(Br)cc2)s1. The van der Waals surface area contributed by atoms with Gasteiger partial charge in [0.2, 0.25) is 0 Å². The molecule has 2 heterocycles. The zero-order chi connectivity index (χ0) is 15.4. The number of carbonyl (C=O) groups is 1. The van der Waals surface area contributed by atoms with Crippen LogP contribution in [0.1, 0.15) is 22.5 Å². The standard InChI is InChI=1S/C17H19BrN2OS.ClH/c18-14-3-1-13(2-4-14)15-5-6-16(22-15)17(21)20-10-8-12-7-9-19-11-12;/h1-6,12,19H,7-11H2,(H,20,21);1H. The Morgan fingerprint density at radius 1 is 1.26 bits per heavy atom. The minimum absolute atomic E-state index is 0. The number of halogens is 2. The van der Waals surface area contributed by atoms with E-state index in [1.165, 1.54) is 6.42 Å². The van der Waals surface area contributed by atoms with Gasteiger partial charge in [-0.3, -0.25) is 4.79 Å². The van der Waals surface area contributed by atoms with Crippen molar-refractivity contribution in [3.63, 3.8) is 0 Å². The molecule has 1 saturated heterocycles. The van der Waals surface area contributed by atoms with Gasteiger partial charge in [0.25, 0.3) is 5.91 Å². The second-order valence-corrected chi connectivity index (χ2v) is 7.57. The zero-order valence-corrected chi connectivity index (χ0v) is 15.9. The number of hydrogen-bond acceptors (Lipinski definition) is 3. The van der Waals surface area contributed by atoms with Crippen molar-refractivity contribution in [1.82, 2.24) is 10.6 Å². The molecule has 23 heavy (non-hydrogen) atoms. The van der Waals surface area contributed by atoms with Gasteiger partial charge in [0, 0.05) is 15.9 Å². The highest BCUT2D eigenvalue weighted by Crippen LogP contribution is 2.29. The summed E-state index contributed by atoms with van der Waals surface area (Å²) in [6.07, 6.45) is 2.28. The van der Waals surface area contributed by atoms with Gasteiger partial charge in [0.05, 0.1) is 4.88 Å². The van der Waals surface area contributed by atoms with E-state index in [1.807, 2.05) is 24.3 Å². The van der Waals surface area contributed by atoms with E-state index in [-0.39, 0.29) is 18.3 Å². The number of thiophene rings is 1. The van der Waals surface area contributed by atoms with Gasteiger partial charge < -0.3 is 10.6 Å². The van der Waals surface area contributed by atoms with Crippen LogP contribution in [0.3, 0.4) is 0 Å². The molecule has 2 N–H and O–H groups in total. The Kier molecular flexibility index (Phi) is 7.09. The van der Waals surface area contributed by atoms with Crippen LogP contribution in [-0.2, 0) is 0 Å². The molecule has 1 fully saturated rings. The first kappa shape index (κ1) is 18.5. The summed E-state index contributed by atoms with van der Waals surface area (Å²) in [6.45, 7) is 2.96. The van der Waals surface area contributed by atoms with Gasteiger partial charge in [0.1, 0.15) is 0 Å². The summed E-state index contributed by atoms with van der Waals surface area (Å²) in [5.74, 6) is 0.751. The molecule has 2 aromatic rings. The van der Waals surface area contributed by atoms with Crippen molar-refractivity contribution < 1.29 is 4.79 Å². The average molecular weight is 416 g/mol. The van der Waals surface area contributed by atoms with E-state index < -0.39 is 0 Å². The van der Waals surface area contributed by atoms with E-state index in [0.29, 0.717) is 5.92 Å². The molecular formula is C17H20BrClN2OS. The van der Waals surface area contributed by atoms with E-state index >= 15 is 0 Å². The Morgan fingerprint density at radius 3 is 2.74 bits per heavy atom. The van der Waals surface area contributed by atoms with Crippen LogP contribution in [0.25, 0.3) is 10.4 Å². The third kappa shape index (κ3) is 5.05. The molecule has 0 spiro atoms. The van der Waals surface area contributed by atoms with Gasteiger partial charge in [-0.25, -0.2) is 0 Å². The quantitative estimate of drug-likeness (QED) is 0.763. The molecule has 3 rings (SSSR count). The number of carbonyl (C=O) groups excluding carboxylic acids is 1. The number of nitrogens with one attached hydrogen (secondary N) is 2. The smallest absolute Gasteiger partial charge is 0.261 e. The number of hydrogen-bond donors (Lipinski definition) is 2. The summed E-state index contributed by atoms with van der Waals surface area (Å²) in [4.78, 5) is 14.1. The average Bonchev–Trinajstić information content (AvgIpc) is 3.19. The monoisotopic (exact) mass is 414 g/mol. The summed E-state index contributed by atoms with van der Waals surface area (Å²) in [5.41, 5.74) is 1.14. The molecule has 0 bridgehead atoms. The maximum atomic E-state index is 12.2. The molecule has 1 atom stereocenters. The Balaban J connectivity index is 0.00000192. The topological polar surface area (TPSA) is 41.1 Å². The minimum Gasteiger partial charge on any atom is -0.351 e. The van der Waals surface area contributed by atoms with E-state index in [1.54, 1.807) is 11.3 Å². The van der Waals surface area contributed by atoms with Crippen molar-refractivity contribution in [2.24, 2.45) is 5.92 Å². The first-order valence-corrected chi connectivity index (χ1v) is 9.18. The Labute approximate surface area is 155 Å². The van der Waals surface area contributed by atoms with Gasteiger partial charge in [-0.15, -0.1) is 23.7 Å². The third-order valence-corrected chi connectivity index (χ3v) is 5.62. The van der Waals surface area contributed by atoms with Crippen LogP contribution in [-0.4, -0.2) is 25.5 Å². The van der Waals surface area contributed by atoms with Crippen molar-refractivity contribution in [3.05, 3.63) is 45.7 Å². The Morgan fingerprint density at radius 2 is 2.04 bits per heavy atom. The van der Waals surface area contributed by atoms with Crippen molar-refractivity contribution in [2.45, 2.75) is 12.8 Å². The van der Waals surface area contributed by atoms with Crippen LogP contribution in [0.4, 0.5) is 0 Å². The summed E-state index contributed by atoms with van der Waals surface area (Å²) in [7, 11) is 0. The second kappa shape index (κ2) is 8.83. The van der Waals surface area contributed by atoms with E-state index in [4.69, 9.17) is 0 Å².